The Kier molecular flexibility index (Phi) is 3.39. The normalized spacial score (nSPS) is 23.9. The van der Waals surface area contributed by atoms with Gasteiger partial charge in [-0.05, 0) is 37.0 Å². The summed E-state index contributed by atoms with van der Waals surface area (Å²) >= 11 is 11.2. The monoisotopic (exact) mass is 298 g/mol. The fourth-order valence-corrected chi connectivity index (χ4v) is 3.64. The number of nitrogens with zero attached hydrogens (tertiary/aromatic N) is 1. The highest BCUT2D eigenvalue weighted by Crippen LogP contribution is 2.35. The molecule has 2 aromatic rings. The lowest BCUT2D eigenvalue weighted by molar-refractivity contribution is 0.285. The van der Waals surface area contributed by atoms with E-state index in [0.29, 0.717) is 16.7 Å². The molecule has 1 aromatic carbocycles. The van der Waals surface area contributed by atoms with E-state index in [1.54, 1.807) is 6.07 Å². The molecule has 2 nitrogen and oxygen atoms in total. The van der Waals surface area contributed by atoms with Crippen LogP contribution in [0.4, 0.5) is 4.39 Å². The summed E-state index contributed by atoms with van der Waals surface area (Å²) in [7, 11) is 0. The summed E-state index contributed by atoms with van der Waals surface area (Å²) in [6, 6.07) is 3.47. The van der Waals surface area contributed by atoms with Crippen molar-refractivity contribution >= 4 is 34.9 Å². The van der Waals surface area contributed by atoms with Crippen molar-refractivity contribution in [2.75, 3.05) is 0 Å². The number of hydrogen-bond donors (Lipinski definition) is 1. The Hall–Kier alpha value is -0.870. The highest BCUT2D eigenvalue weighted by Gasteiger charge is 2.23. The fourth-order valence-electron chi connectivity index (χ4n) is 3.12. The van der Waals surface area contributed by atoms with Crippen LogP contribution in [0.25, 0.3) is 11.0 Å². The lowest BCUT2D eigenvalue weighted by atomic mass is 9.87. The molecular weight excluding hydrogens is 283 g/mol. The molecule has 1 aromatic heterocycles. The highest BCUT2D eigenvalue weighted by molar-refractivity contribution is 7.71. The predicted molar refractivity (Wildman–Crippen MR) is 78.8 cm³/mol. The first kappa shape index (κ1) is 13.1. The third kappa shape index (κ3) is 2.32. The molecule has 1 saturated carbocycles. The first-order valence-electron chi connectivity index (χ1n) is 6.65. The van der Waals surface area contributed by atoms with Gasteiger partial charge in [0, 0.05) is 12.1 Å². The summed E-state index contributed by atoms with van der Waals surface area (Å²) in [5.74, 6) is 0.309. The predicted octanol–water partition coefficient (Wildman–Crippen LogP) is 5.24. The molecule has 2 atom stereocenters. The number of halogens is 2. The summed E-state index contributed by atoms with van der Waals surface area (Å²) in [6.45, 7) is 2.27. The summed E-state index contributed by atoms with van der Waals surface area (Å²) < 4.78 is 16.4. The summed E-state index contributed by atoms with van der Waals surface area (Å²) in [5.41, 5.74) is 1.64. The van der Waals surface area contributed by atoms with E-state index < -0.39 is 0 Å². The van der Waals surface area contributed by atoms with Crippen LogP contribution in [0.2, 0.25) is 5.02 Å². The Balaban J connectivity index is 2.14. The smallest absolute Gasteiger partial charge is 0.178 e. The first-order chi connectivity index (χ1) is 9.06. The highest BCUT2D eigenvalue weighted by atomic mass is 35.5. The molecule has 1 heterocycles. The fraction of sp³-hybridized carbons (Fsp3) is 0.500. The van der Waals surface area contributed by atoms with Crippen LogP contribution < -0.4 is 0 Å². The first-order valence-corrected chi connectivity index (χ1v) is 7.44. The van der Waals surface area contributed by atoms with Crippen LogP contribution in [0.15, 0.2) is 12.1 Å². The van der Waals surface area contributed by atoms with E-state index in [-0.39, 0.29) is 10.8 Å². The maximum atomic E-state index is 13.7. The molecule has 0 radical (unpaired) electrons. The molecule has 0 aliphatic heterocycles. The second-order valence-electron chi connectivity index (χ2n) is 5.51. The summed E-state index contributed by atoms with van der Waals surface area (Å²) in [5, 5.41) is 0.132. The van der Waals surface area contributed by atoms with Gasteiger partial charge >= 0.3 is 0 Å². The van der Waals surface area contributed by atoms with Crippen LogP contribution in [0.1, 0.15) is 38.6 Å². The molecule has 0 spiro atoms. The average molecular weight is 299 g/mol. The van der Waals surface area contributed by atoms with E-state index in [4.69, 9.17) is 23.8 Å². The molecule has 0 bridgehead atoms. The molecule has 102 valence electrons. The maximum absolute atomic E-state index is 13.7. The van der Waals surface area contributed by atoms with Crippen LogP contribution in [0.5, 0.6) is 0 Å². The van der Waals surface area contributed by atoms with E-state index in [1.807, 2.05) is 0 Å². The van der Waals surface area contributed by atoms with Crippen LogP contribution >= 0.6 is 23.8 Å². The summed E-state index contributed by atoms with van der Waals surface area (Å²) in [4.78, 5) is 3.13. The van der Waals surface area contributed by atoms with Crippen molar-refractivity contribution in [3.8, 4) is 0 Å². The van der Waals surface area contributed by atoms with E-state index >= 15 is 0 Å². The molecule has 19 heavy (non-hydrogen) atoms. The van der Waals surface area contributed by atoms with Crippen molar-refractivity contribution in [2.45, 2.75) is 38.6 Å². The van der Waals surface area contributed by atoms with Crippen molar-refractivity contribution in [2.24, 2.45) is 5.92 Å². The number of fused-ring (bicyclic) bond motifs is 1. The summed E-state index contributed by atoms with van der Waals surface area (Å²) in [6.07, 6.45) is 4.68. The minimum atomic E-state index is -0.388. The van der Waals surface area contributed by atoms with Gasteiger partial charge in [0.05, 0.1) is 16.1 Å². The standard InChI is InChI=1S/C14H16ClFN2S/c1-8-3-2-4-9(5-8)18-13-7-11(16)10(15)6-12(13)17-14(18)19/h6-9H,2-5H2,1H3,(H,17,19). The second kappa shape index (κ2) is 4.91. The Morgan fingerprint density at radius 1 is 1.42 bits per heavy atom. The molecule has 5 heteroatoms. The quantitative estimate of drug-likeness (QED) is 0.714. The molecule has 1 fully saturated rings. The van der Waals surface area contributed by atoms with Crippen LogP contribution in [-0.4, -0.2) is 9.55 Å². The van der Waals surface area contributed by atoms with Crippen molar-refractivity contribution in [1.82, 2.24) is 9.55 Å². The average Bonchev–Trinajstić information content (AvgIpc) is 2.65. The molecule has 2 unspecified atom stereocenters. The molecule has 0 saturated heterocycles. The van der Waals surface area contributed by atoms with Gasteiger partial charge in [0.1, 0.15) is 5.82 Å². The Morgan fingerprint density at radius 3 is 2.95 bits per heavy atom. The van der Waals surface area contributed by atoms with Crippen molar-refractivity contribution in [3.63, 3.8) is 0 Å². The van der Waals surface area contributed by atoms with Crippen molar-refractivity contribution in [3.05, 3.63) is 27.7 Å². The topological polar surface area (TPSA) is 20.7 Å². The van der Waals surface area contributed by atoms with E-state index in [9.17, 15) is 4.39 Å². The number of hydrogen-bond acceptors (Lipinski definition) is 1. The Bertz CT molecular complexity index is 676. The third-order valence-electron chi connectivity index (χ3n) is 4.03. The van der Waals surface area contributed by atoms with Gasteiger partial charge < -0.3 is 9.55 Å². The molecule has 3 rings (SSSR count). The zero-order valence-corrected chi connectivity index (χ0v) is 12.3. The van der Waals surface area contributed by atoms with Crippen LogP contribution in [-0.2, 0) is 0 Å². The van der Waals surface area contributed by atoms with Crippen LogP contribution in [0, 0.1) is 16.5 Å². The van der Waals surface area contributed by atoms with Crippen molar-refractivity contribution < 1.29 is 4.39 Å². The lowest BCUT2D eigenvalue weighted by Crippen LogP contribution is -2.17. The number of H-pyrrole nitrogens is 1. The minimum Gasteiger partial charge on any atom is -0.331 e. The van der Waals surface area contributed by atoms with Gasteiger partial charge in [0.2, 0.25) is 0 Å². The zero-order valence-electron chi connectivity index (χ0n) is 10.7. The second-order valence-corrected chi connectivity index (χ2v) is 6.30. The Labute approximate surface area is 121 Å². The van der Waals surface area contributed by atoms with E-state index in [1.165, 1.54) is 18.9 Å². The third-order valence-corrected chi connectivity index (χ3v) is 4.62. The number of imidazole rings is 1. The van der Waals surface area contributed by atoms with E-state index in [0.717, 1.165) is 23.9 Å². The lowest BCUT2D eigenvalue weighted by Gasteiger charge is -2.28. The molecule has 1 aliphatic carbocycles. The number of aromatic nitrogens is 2. The largest absolute Gasteiger partial charge is 0.331 e. The number of aromatic amines is 1. The van der Waals surface area contributed by atoms with Crippen LogP contribution in [0.3, 0.4) is 0 Å². The zero-order chi connectivity index (χ0) is 13.6. The number of benzene rings is 1. The van der Waals surface area contributed by atoms with Gasteiger partial charge in [0.25, 0.3) is 0 Å². The maximum Gasteiger partial charge on any atom is 0.178 e. The molecular formula is C14H16ClFN2S. The van der Waals surface area contributed by atoms with Gasteiger partial charge in [-0.15, -0.1) is 0 Å². The minimum absolute atomic E-state index is 0.132. The number of nitrogens with one attached hydrogen (secondary N) is 1. The van der Waals surface area contributed by atoms with Gasteiger partial charge in [-0.25, -0.2) is 4.39 Å². The molecule has 0 amide bonds. The SMILES string of the molecule is CC1CCCC(n2c(=S)[nH]c3cc(Cl)c(F)cc32)C1. The van der Waals surface area contributed by atoms with Gasteiger partial charge in [-0.1, -0.05) is 31.4 Å². The van der Waals surface area contributed by atoms with Gasteiger partial charge in [-0.2, -0.15) is 0 Å². The molecule has 1 aliphatic rings. The van der Waals surface area contributed by atoms with Crippen molar-refractivity contribution in [1.29, 1.82) is 0 Å². The van der Waals surface area contributed by atoms with Gasteiger partial charge in [-0.3, -0.25) is 0 Å². The molecule has 1 N–H and O–H groups in total. The Morgan fingerprint density at radius 2 is 2.21 bits per heavy atom. The van der Waals surface area contributed by atoms with Gasteiger partial charge in [0.15, 0.2) is 4.77 Å². The number of rotatable bonds is 1. The van der Waals surface area contributed by atoms with E-state index in [2.05, 4.69) is 16.5 Å².